The zero-order chi connectivity index (χ0) is 21.2. The number of anilines is 2. The number of nitrogens with zero attached hydrogens (tertiary/aromatic N) is 3. The topological polar surface area (TPSA) is 87.9 Å². The van der Waals surface area contributed by atoms with Gasteiger partial charge in [0.15, 0.2) is 0 Å². The summed E-state index contributed by atoms with van der Waals surface area (Å²) in [6.45, 7) is 1.95. The minimum atomic E-state index is -0.209. The average molecular weight is 412 g/mol. The zero-order valence-electron chi connectivity index (χ0n) is 17.3. The monoisotopic (exact) mass is 411 g/mol. The molecule has 1 aromatic carbocycles. The van der Waals surface area contributed by atoms with Crippen LogP contribution in [0.15, 0.2) is 60.8 Å². The van der Waals surface area contributed by atoms with Crippen molar-refractivity contribution in [2.24, 2.45) is 0 Å². The van der Waals surface area contributed by atoms with Gasteiger partial charge in [0.2, 0.25) is 5.78 Å². The van der Waals surface area contributed by atoms with Crippen LogP contribution >= 0.6 is 0 Å². The van der Waals surface area contributed by atoms with E-state index in [1.165, 1.54) is 12.8 Å². The summed E-state index contributed by atoms with van der Waals surface area (Å²) in [4.78, 5) is 27.9. The van der Waals surface area contributed by atoms with Gasteiger partial charge in [-0.25, -0.2) is 9.97 Å². The Labute approximate surface area is 181 Å². The molecule has 1 saturated heterocycles. The fourth-order valence-corrected chi connectivity index (χ4v) is 4.20. The maximum atomic E-state index is 13.3. The van der Waals surface area contributed by atoms with Crippen LogP contribution in [0, 0.1) is 0 Å². The first-order valence-corrected chi connectivity index (χ1v) is 10.8. The molecule has 5 rings (SSSR count). The number of carbonyl (C=O) groups is 1. The third-order valence-corrected chi connectivity index (χ3v) is 5.90. The van der Waals surface area contributed by atoms with E-state index in [2.05, 4.69) is 25.9 Å². The van der Waals surface area contributed by atoms with Gasteiger partial charge in [-0.1, -0.05) is 37.1 Å². The van der Waals surface area contributed by atoms with Gasteiger partial charge in [-0.3, -0.25) is 4.79 Å². The number of aromatic amines is 1. The fraction of sp³-hybridized carbons (Fsp3) is 0.240. The van der Waals surface area contributed by atoms with Crippen LogP contribution in [-0.2, 0) is 0 Å². The zero-order valence-corrected chi connectivity index (χ0v) is 17.3. The van der Waals surface area contributed by atoms with E-state index in [1.807, 2.05) is 36.4 Å². The Kier molecular flexibility index (Phi) is 5.12. The van der Waals surface area contributed by atoms with Gasteiger partial charge in [0.05, 0.1) is 5.56 Å². The van der Waals surface area contributed by atoms with Crippen molar-refractivity contribution in [1.82, 2.24) is 15.0 Å². The number of ketones is 1. The molecule has 0 amide bonds. The van der Waals surface area contributed by atoms with Crippen LogP contribution in [0.5, 0.6) is 0 Å². The van der Waals surface area contributed by atoms with Gasteiger partial charge in [0.25, 0.3) is 0 Å². The molecule has 0 saturated carbocycles. The quantitative estimate of drug-likeness (QED) is 0.470. The first-order valence-electron chi connectivity index (χ1n) is 10.8. The lowest BCUT2D eigenvalue weighted by atomic mass is 10.0. The van der Waals surface area contributed by atoms with E-state index in [1.54, 1.807) is 18.3 Å². The minimum absolute atomic E-state index is 0.209. The first kappa shape index (κ1) is 19.3. The summed E-state index contributed by atoms with van der Waals surface area (Å²) < 4.78 is 0. The first-order chi connectivity index (χ1) is 15.2. The molecule has 4 heterocycles. The van der Waals surface area contributed by atoms with Gasteiger partial charge in [-0.2, -0.15) is 0 Å². The van der Waals surface area contributed by atoms with Gasteiger partial charge < -0.3 is 15.6 Å². The van der Waals surface area contributed by atoms with Crippen LogP contribution in [0.2, 0.25) is 0 Å². The van der Waals surface area contributed by atoms with E-state index in [-0.39, 0.29) is 11.6 Å². The third-order valence-electron chi connectivity index (χ3n) is 5.90. The standard InChI is InChI=1S/C25H25N5O/c26-25-19(14-18(16-27-25)22-15-17-8-3-4-9-20(17)28-22)24(31)21-10-7-11-23(29-21)30-12-5-1-2-6-13-30/h3-4,7-11,14-16,28H,1-2,5-6,12-13H2,(H2,26,27). The second kappa shape index (κ2) is 8.22. The van der Waals surface area contributed by atoms with Crippen molar-refractivity contribution in [3.05, 3.63) is 72.1 Å². The van der Waals surface area contributed by atoms with Crippen molar-refractivity contribution in [1.29, 1.82) is 0 Å². The molecule has 6 nitrogen and oxygen atoms in total. The second-order valence-electron chi connectivity index (χ2n) is 8.04. The van der Waals surface area contributed by atoms with Gasteiger partial charge in [0, 0.05) is 41.4 Å². The lowest BCUT2D eigenvalue weighted by molar-refractivity contribution is 0.103. The van der Waals surface area contributed by atoms with E-state index in [9.17, 15) is 4.79 Å². The Bertz CT molecular complexity index is 1200. The molecule has 1 aliphatic heterocycles. The molecule has 1 aliphatic rings. The van der Waals surface area contributed by atoms with E-state index in [4.69, 9.17) is 5.73 Å². The molecule has 156 valence electrons. The number of nitrogens with one attached hydrogen (secondary N) is 1. The maximum absolute atomic E-state index is 13.3. The summed E-state index contributed by atoms with van der Waals surface area (Å²) in [7, 11) is 0. The summed E-state index contributed by atoms with van der Waals surface area (Å²) in [5, 5.41) is 1.11. The predicted molar refractivity (Wildman–Crippen MR) is 124 cm³/mol. The molecule has 0 spiro atoms. The van der Waals surface area contributed by atoms with Crippen LogP contribution in [0.3, 0.4) is 0 Å². The Hall–Kier alpha value is -3.67. The molecule has 0 unspecified atom stereocenters. The van der Waals surface area contributed by atoms with Crippen molar-refractivity contribution in [2.45, 2.75) is 25.7 Å². The number of fused-ring (bicyclic) bond motifs is 1. The average Bonchev–Trinajstić information content (AvgIpc) is 3.05. The van der Waals surface area contributed by atoms with Gasteiger partial charge in [0.1, 0.15) is 17.3 Å². The van der Waals surface area contributed by atoms with Crippen molar-refractivity contribution < 1.29 is 4.79 Å². The fourth-order valence-electron chi connectivity index (χ4n) is 4.20. The van der Waals surface area contributed by atoms with Crippen molar-refractivity contribution in [3.8, 4) is 11.3 Å². The number of benzene rings is 1. The number of rotatable bonds is 4. The van der Waals surface area contributed by atoms with Gasteiger partial charge >= 0.3 is 0 Å². The number of pyridine rings is 2. The summed E-state index contributed by atoms with van der Waals surface area (Å²) >= 11 is 0. The molecule has 0 radical (unpaired) electrons. The maximum Gasteiger partial charge on any atom is 0.215 e. The van der Waals surface area contributed by atoms with E-state index in [0.29, 0.717) is 11.3 Å². The second-order valence-corrected chi connectivity index (χ2v) is 8.04. The van der Waals surface area contributed by atoms with E-state index in [0.717, 1.165) is 53.9 Å². The van der Waals surface area contributed by atoms with Crippen molar-refractivity contribution in [2.75, 3.05) is 23.7 Å². The summed E-state index contributed by atoms with van der Waals surface area (Å²) in [6.07, 6.45) is 6.50. The lowest BCUT2D eigenvalue weighted by Crippen LogP contribution is -2.25. The van der Waals surface area contributed by atoms with Gasteiger partial charge in [-0.05, 0) is 43.2 Å². The highest BCUT2D eigenvalue weighted by Crippen LogP contribution is 2.27. The van der Waals surface area contributed by atoms with Crippen LogP contribution in [0.1, 0.15) is 41.7 Å². The molecule has 0 bridgehead atoms. The van der Waals surface area contributed by atoms with Crippen LogP contribution in [0.4, 0.5) is 11.6 Å². The smallest absolute Gasteiger partial charge is 0.215 e. The molecular weight excluding hydrogens is 386 g/mol. The van der Waals surface area contributed by atoms with Gasteiger partial charge in [-0.15, -0.1) is 0 Å². The number of aromatic nitrogens is 3. The highest BCUT2D eigenvalue weighted by molar-refractivity contribution is 6.11. The van der Waals surface area contributed by atoms with Crippen LogP contribution < -0.4 is 10.6 Å². The van der Waals surface area contributed by atoms with E-state index < -0.39 is 0 Å². The minimum Gasteiger partial charge on any atom is -0.383 e. The highest BCUT2D eigenvalue weighted by atomic mass is 16.1. The summed E-state index contributed by atoms with van der Waals surface area (Å²) in [5.74, 6) is 0.859. The Morgan fingerprint density at radius 2 is 1.77 bits per heavy atom. The highest BCUT2D eigenvalue weighted by Gasteiger charge is 2.19. The molecule has 6 heteroatoms. The number of H-pyrrole nitrogens is 1. The van der Waals surface area contributed by atoms with Crippen molar-refractivity contribution >= 4 is 28.3 Å². The number of carbonyl (C=O) groups excluding carboxylic acids is 1. The van der Waals surface area contributed by atoms with Crippen molar-refractivity contribution in [3.63, 3.8) is 0 Å². The normalized spacial score (nSPS) is 14.5. The molecule has 3 N–H and O–H groups in total. The number of para-hydroxylation sites is 1. The molecule has 31 heavy (non-hydrogen) atoms. The lowest BCUT2D eigenvalue weighted by Gasteiger charge is -2.21. The molecule has 4 aromatic rings. The summed E-state index contributed by atoms with van der Waals surface area (Å²) in [5.41, 5.74) is 9.62. The molecular formula is C25H25N5O. The largest absolute Gasteiger partial charge is 0.383 e. The van der Waals surface area contributed by atoms with Crippen LogP contribution in [-0.4, -0.2) is 33.8 Å². The Morgan fingerprint density at radius 1 is 0.968 bits per heavy atom. The number of hydrogen-bond donors (Lipinski definition) is 2. The summed E-state index contributed by atoms with van der Waals surface area (Å²) in [6, 6.07) is 17.5. The molecule has 3 aromatic heterocycles. The SMILES string of the molecule is Nc1ncc(-c2cc3ccccc3[nH]2)cc1C(=O)c1cccc(N2CCCCCC2)n1. The predicted octanol–water partition coefficient (Wildman–Crippen LogP) is 4.82. The van der Waals surface area contributed by atoms with E-state index >= 15 is 0 Å². The third kappa shape index (κ3) is 3.89. The molecule has 0 aliphatic carbocycles. The number of nitrogens with two attached hydrogens (primary N) is 1. The number of hydrogen-bond acceptors (Lipinski definition) is 5. The molecule has 1 fully saturated rings. The van der Waals surface area contributed by atoms with Crippen LogP contribution in [0.25, 0.3) is 22.2 Å². The molecule has 0 atom stereocenters. The number of nitrogen functional groups attached to an aromatic ring is 1. The Morgan fingerprint density at radius 3 is 2.58 bits per heavy atom. The Balaban J connectivity index is 1.48.